The fourth-order valence-electron chi connectivity index (χ4n) is 1.02. The Morgan fingerprint density at radius 3 is 3.45 bits per heavy atom. The second-order valence-corrected chi connectivity index (χ2v) is 2.30. The Morgan fingerprint density at radius 1 is 1.73 bits per heavy atom. The number of allylic oxidation sites excluding steroid dienone is 1. The van der Waals surface area contributed by atoms with Crippen LogP contribution in [0.2, 0.25) is 0 Å². The SMILES string of the molecule is N#CC1=CNc2ccnn2C1. The Morgan fingerprint density at radius 2 is 2.64 bits per heavy atom. The topological polar surface area (TPSA) is 53.6 Å². The highest BCUT2D eigenvalue weighted by Crippen LogP contribution is 2.13. The van der Waals surface area contributed by atoms with Crippen LogP contribution in [0.5, 0.6) is 0 Å². The highest BCUT2D eigenvalue weighted by Gasteiger charge is 2.08. The zero-order chi connectivity index (χ0) is 7.68. The smallest absolute Gasteiger partial charge is 0.128 e. The molecular formula is C7H6N4. The molecule has 0 aromatic carbocycles. The first-order valence-electron chi connectivity index (χ1n) is 3.27. The summed E-state index contributed by atoms with van der Waals surface area (Å²) in [6, 6.07) is 3.94. The second kappa shape index (κ2) is 2.13. The van der Waals surface area contributed by atoms with Crippen LogP contribution in [0.15, 0.2) is 24.0 Å². The molecule has 0 bridgehead atoms. The molecule has 0 unspecified atom stereocenters. The summed E-state index contributed by atoms with van der Waals surface area (Å²) in [7, 11) is 0. The molecule has 1 aliphatic rings. The summed E-state index contributed by atoms with van der Waals surface area (Å²) in [6.45, 7) is 0.575. The number of aromatic nitrogens is 2. The van der Waals surface area contributed by atoms with Gasteiger partial charge in [0.2, 0.25) is 0 Å². The Labute approximate surface area is 63.7 Å². The first-order chi connectivity index (χ1) is 5.40. The van der Waals surface area contributed by atoms with Crippen LogP contribution in [-0.2, 0) is 6.54 Å². The Balaban J connectivity index is 2.35. The second-order valence-electron chi connectivity index (χ2n) is 2.30. The van der Waals surface area contributed by atoms with Gasteiger partial charge < -0.3 is 5.32 Å². The van der Waals surface area contributed by atoms with E-state index in [-0.39, 0.29) is 0 Å². The van der Waals surface area contributed by atoms with Gasteiger partial charge in [0.25, 0.3) is 0 Å². The van der Waals surface area contributed by atoms with E-state index in [9.17, 15) is 0 Å². The quantitative estimate of drug-likeness (QED) is 0.586. The summed E-state index contributed by atoms with van der Waals surface area (Å²) in [5.41, 5.74) is 0.696. The predicted octanol–water partition coefficient (Wildman–Crippen LogP) is 0.716. The molecule has 0 spiro atoms. The predicted molar refractivity (Wildman–Crippen MR) is 39.5 cm³/mol. The van der Waals surface area contributed by atoms with Crippen LogP contribution in [0.1, 0.15) is 0 Å². The van der Waals surface area contributed by atoms with Gasteiger partial charge in [-0.3, -0.25) is 0 Å². The number of nitrogens with zero attached hydrogens (tertiary/aromatic N) is 3. The monoisotopic (exact) mass is 146 g/mol. The molecule has 1 aromatic heterocycles. The van der Waals surface area contributed by atoms with Gasteiger partial charge in [-0.15, -0.1) is 0 Å². The molecule has 0 saturated heterocycles. The van der Waals surface area contributed by atoms with Crippen molar-refractivity contribution >= 4 is 5.82 Å². The van der Waals surface area contributed by atoms with Gasteiger partial charge in [-0.1, -0.05) is 0 Å². The van der Waals surface area contributed by atoms with Crippen LogP contribution in [-0.4, -0.2) is 9.78 Å². The molecule has 0 amide bonds. The van der Waals surface area contributed by atoms with E-state index in [1.165, 1.54) is 0 Å². The molecule has 2 heterocycles. The van der Waals surface area contributed by atoms with Crippen LogP contribution in [0.3, 0.4) is 0 Å². The molecule has 0 saturated carbocycles. The molecule has 0 fully saturated rings. The number of hydrogen-bond acceptors (Lipinski definition) is 3. The number of nitrogens with one attached hydrogen (secondary N) is 1. The summed E-state index contributed by atoms with van der Waals surface area (Å²) in [5.74, 6) is 0.934. The van der Waals surface area contributed by atoms with Crippen molar-refractivity contribution in [2.24, 2.45) is 0 Å². The maximum Gasteiger partial charge on any atom is 0.128 e. The van der Waals surface area contributed by atoms with Gasteiger partial charge in [-0.05, 0) is 0 Å². The van der Waals surface area contributed by atoms with Crippen LogP contribution < -0.4 is 5.32 Å². The van der Waals surface area contributed by atoms with E-state index in [4.69, 9.17) is 5.26 Å². The van der Waals surface area contributed by atoms with Crippen LogP contribution in [0, 0.1) is 11.3 Å². The van der Waals surface area contributed by atoms with Crippen molar-refractivity contribution in [3.8, 4) is 6.07 Å². The van der Waals surface area contributed by atoms with Crippen LogP contribution in [0.25, 0.3) is 0 Å². The third-order valence-electron chi connectivity index (χ3n) is 1.57. The molecule has 1 aliphatic heterocycles. The van der Waals surface area contributed by atoms with Gasteiger partial charge in [0.05, 0.1) is 24.4 Å². The number of hydrogen-bond donors (Lipinski definition) is 1. The summed E-state index contributed by atoms with van der Waals surface area (Å²) in [5, 5.41) is 15.5. The molecule has 54 valence electrons. The van der Waals surface area contributed by atoms with E-state index in [1.54, 1.807) is 17.1 Å². The number of rotatable bonds is 0. The molecule has 1 aromatic rings. The van der Waals surface area contributed by atoms with Gasteiger partial charge in [0, 0.05) is 12.3 Å². The number of fused-ring (bicyclic) bond motifs is 1. The standard InChI is InChI=1S/C7H6N4/c8-3-6-4-9-7-1-2-10-11(7)5-6/h1-2,4,9H,5H2. The maximum absolute atomic E-state index is 8.55. The minimum absolute atomic E-state index is 0.575. The van der Waals surface area contributed by atoms with Crippen molar-refractivity contribution < 1.29 is 0 Å². The Kier molecular flexibility index (Phi) is 1.16. The highest BCUT2D eigenvalue weighted by molar-refractivity contribution is 5.44. The molecule has 0 radical (unpaired) electrons. The van der Waals surface area contributed by atoms with E-state index in [2.05, 4.69) is 16.5 Å². The molecule has 1 N–H and O–H groups in total. The lowest BCUT2D eigenvalue weighted by molar-refractivity contribution is 0.685. The molecule has 0 atom stereocenters. The van der Waals surface area contributed by atoms with E-state index in [1.807, 2.05) is 6.07 Å². The number of nitriles is 1. The summed E-state index contributed by atoms with van der Waals surface area (Å²) >= 11 is 0. The van der Waals surface area contributed by atoms with Gasteiger partial charge in [-0.2, -0.15) is 10.4 Å². The summed E-state index contributed by atoms with van der Waals surface area (Å²) in [6.07, 6.45) is 3.41. The lowest BCUT2D eigenvalue weighted by Gasteiger charge is -2.11. The first kappa shape index (κ1) is 5.98. The van der Waals surface area contributed by atoms with Gasteiger partial charge in [0.1, 0.15) is 5.82 Å². The van der Waals surface area contributed by atoms with Gasteiger partial charge >= 0.3 is 0 Å². The van der Waals surface area contributed by atoms with Crippen molar-refractivity contribution in [2.75, 3.05) is 5.32 Å². The largest absolute Gasteiger partial charge is 0.346 e. The zero-order valence-electron chi connectivity index (χ0n) is 5.78. The number of anilines is 1. The highest BCUT2D eigenvalue weighted by atomic mass is 15.3. The fourth-order valence-corrected chi connectivity index (χ4v) is 1.02. The minimum Gasteiger partial charge on any atom is -0.346 e. The first-order valence-corrected chi connectivity index (χ1v) is 3.27. The van der Waals surface area contributed by atoms with E-state index >= 15 is 0 Å². The average Bonchev–Trinajstić information content (AvgIpc) is 2.50. The lowest BCUT2D eigenvalue weighted by Crippen LogP contribution is -2.11. The minimum atomic E-state index is 0.575. The molecule has 2 rings (SSSR count). The molecular weight excluding hydrogens is 140 g/mol. The zero-order valence-corrected chi connectivity index (χ0v) is 5.78. The maximum atomic E-state index is 8.55. The summed E-state index contributed by atoms with van der Waals surface area (Å²) < 4.78 is 1.75. The van der Waals surface area contributed by atoms with Crippen molar-refractivity contribution in [2.45, 2.75) is 6.54 Å². The normalized spacial score (nSPS) is 14.3. The average molecular weight is 146 g/mol. The van der Waals surface area contributed by atoms with Crippen molar-refractivity contribution in [3.63, 3.8) is 0 Å². The Hall–Kier alpha value is -1.76. The molecule has 0 aliphatic carbocycles. The van der Waals surface area contributed by atoms with Crippen molar-refractivity contribution in [1.82, 2.24) is 9.78 Å². The van der Waals surface area contributed by atoms with Crippen molar-refractivity contribution in [1.29, 1.82) is 5.26 Å². The third-order valence-corrected chi connectivity index (χ3v) is 1.57. The van der Waals surface area contributed by atoms with Gasteiger partial charge in [-0.25, -0.2) is 4.68 Å². The van der Waals surface area contributed by atoms with E-state index < -0.39 is 0 Å². The molecule has 11 heavy (non-hydrogen) atoms. The van der Waals surface area contributed by atoms with Crippen molar-refractivity contribution in [3.05, 3.63) is 24.0 Å². The third kappa shape index (κ3) is 0.867. The fraction of sp³-hybridized carbons (Fsp3) is 0.143. The van der Waals surface area contributed by atoms with E-state index in [0.717, 1.165) is 5.82 Å². The van der Waals surface area contributed by atoms with E-state index in [0.29, 0.717) is 12.1 Å². The summed E-state index contributed by atoms with van der Waals surface area (Å²) in [4.78, 5) is 0. The van der Waals surface area contributed by atoms with Crippen LogP contribution >= 0.6 is 0 Å². The van der Waals surface area contributed by atoms with Crippen LogP contribution in [0.4, 0.5) is 5.82 Å². The lowest BCUT2D eigenvalue weighted by atomic mass is 10.3. The Bertz CT molecular complexity index is 342. The molecule has 4 nitrogen and oxygen atoms in total. The molecule has 4 heteroatoms. The van der Waals surface area contributed by atoms with Gasteiger partial charge in [0.15, 0.2) is 0 Å².